The van der Waals surface area contributed by atoms with Crippen molar-refractivity contribution in [3.63, 3.8) is 0 Å². The van der Waals surface area contributed by atoms with Gasteiger partial charge in [0.25, 0.3) is 26.9 Å². The van der Waals surface area contributed by atoms with Crippen LogP contribution in [0.15, 0.2) is 334 Å². The summed E-state index contributed by atoms with van der Waals surface area (Å²) in [6, 6.07) is 121. The standard InChI is InChI=1S/C90H55B4N5O4/c1-7-27-56(28-8-1)95(57-29-9-2-10-30-57)62-47-82-88-84(49-62)102-80-54-74-68(51-70(80)93(88)66-41-21-25-45-78(66)100-82)92-65-40-20-24-44-73(65)99-75-55-81-71(94-67-42-22-26-46-79(67)101-83-48-63(50-85(103-81)89(83)94)96(58-31-11-3-12-32-58)59-33-13-4-14-34-59)52-69(75)91-64-39-19-23-43-72(64)97(60-35-15-5-16-36-60)76-53-77(87(92)90(99)86(76)91)98(74)61-37-17-6-18-38-61/h1-55H. The second-order valence-electron chi connectivity index (χ2n) is 27.7. The third-order valence-electron chi connectivity index (χ3n) is 22.3. The van der Waals surface area contributed by atoms with Crippen molar-refractivity contribution in [1.82, 2.24) is 0 Å². The fourth-order valence-corrected chi connectivity index (χ4v) is 18.3. The smallest absolute Gasteiger partial charge is 0.260 e. The minimum Gasteiger partial charge on any atom is -0.458 e. The van der Waals surface area contributed by atoms with Crippen molar-refractivity contribution in [1.29, 1.82) is 0 Å². The second kappa shape index (κ2) is 21.6. The van der Waals surface area contributed by atoms with Crippen molar-refractivity contribution in [2.75, 3.05) is 24.5 Å². The Balaban J connectivity index is 0.774. The topological polar surface area (TPSA) is 53.1 Å². The summed E-state index contributed by atoms with van der Waals surface area (Å²) in [6.07, 6.45) is 0. The lowest BCUT2D eigenvalue weighted by atomic mass is 9.27. The molecule has 0 aromatic heterocycles. The van der Waals surface area contributed by atoms with Gasteiger partial charge >= 0.3 is 0 Å². The fraction of sp³-hybridized carbons (Fsp3) is 0. The molecule has 8 aliphatic heterocycles. The zero-order valence-corrected chi connectivity index (χ0v) is 55.4. The molecule has 476 valence electrons. The van der Waals surface area contributed by atoms with Crippen LogP contribution in [-0.4, -0.2) is 26.9 Å². The highest BCUT2D eigenvalue weighted by atomic mass is 16.5. The van der Waals surface area contributed by atoms with Crippen LogP contribution in [0.1, 0.15) is 0 Å². The number of para-hydroxylation sites is 10. The van der Waals surface area contributed by atoms with Gasteiger partial charge in [0.05, 0.1) is 11.4 Å². The third-order valence-corrected chi connectivity index (χ3v) is 22.3. The summed E-state index contributed by atoms with van der Waals surface area (Å²) in [7, 11) is 0. The predicted molar refractivity (Wildman–Crippen MR) is 425 cm³/mol. The molecule has 0 radical (unpaired) electrons. The summed E-state index contributed by atoms with van der Waals surface area (Å²) in [5, 5.41) is 0. The van der Waals surface area contributed by atoms with Gasteiger partial charge in [0.15, 0.2) is 0 Å². The molecule has 0 aliphatic carbocycles. The van der Waals surface area contributed by atoms with Crippen LogP contribution in [0, 0.1) is 0 Å². The van der Waals surface area contributed by atoms with Crippen LogP contribution < -0.4 is 109 Å². The highest BCUT2D eigenvalue weighted by molar-refractivity contribution is 7.06. The first-order valence-electron chi connectivity index (χ1n) is 35.4. The van der Waals surface area contributed by atoms with Crippen LogP contribution in [0.4, 0.5) is 85.3 Å². The highest BCUT2D eigenvalue weighted by Gasteiger charge is 2.54. The van der Waals surface area contributed by atoms with Gasteiger partial charge in [-0.3, -0.25) is 0 Å². The van der Waals surface area contributed by atoms with Crippen LogP contribution in [0.2, 0.25) is 0 Å². The molecule has 0 amide bonds. The molecule has 103 heavy (non-hydrogen) atoms. The van der Waals surface area contributed by atoms with E-state index in [1.165, 1.54) is 38.5 Å². The van der Waals surface area contributed by atoms with Crippen molar-refractivity contribution < 1.29 is 18.9 Å². The molecule has 8 aliphatic rings. The van der Waals surface area contributed by atoms with Gasteiger partial charge in [-0.1, -0.05) is 194 Å². The maximum atomic E-state index is 7.66. The van der Waals surface area contributed by atoms with E-state index >= 15 is 0 Å². The Hall–Kier alpha value is -13.2. The first kappa shape index (κ1) is 56.6. The number of benzene rings is 15. The maximum absolute atomic E-state index is 7.66. The summed E-state index contributed by atoms with van der Waals surface area (Å²) in [6.45, 7) is -0.871. The number of hydrogen-bond acceptors (Lipinski definition) is 9. The largest absolute Gasteiger partial charge is 0.458 e. The van der Waals surface area contributed by atoms with E-state index in [1.807, 2.05) is 0 Å². The Morgan fingerprint density at radius 1 is 0.194 bits per heavy atom. The SMILES string of the molecule is c1ccc(N(c2ccccc2)c2cc3c4c(c2)Oc2cc5c(cc2B4c2ccccc2O3)B2c3ccccc3N3c4cc6c(cc4B4c7ccccc7N(c7ccccc7)c7cc(c2c3c74)N5c2ccccc2)B2c3ccccc3Oc3cc(N(c4ccccc4)c4ccccc4)cc(c32)O6)cc1. The summed E-state index contributed by atoms with van der Waals surface area (Å²) in [5.74, 6) is 6.35. The molecule has 0 unspecified atom stereocenters. The molecule has 23 rings (SSSR count). The zero-order valence-electron chi connectivity index (χ0n) is 55.4. The van der Waals surface area contributed by atoms with Crippen LogP contribution in [-0.2, 0) is 0 Å². The minimum absolute atomic E-state index is 0.209. The fourth-order valence-electron chi connectivity index (χ4n) is 18.3. The Labute approximate surface area is 597 Å². The van der Waals surface area contributed by atoms with Gasteiger partial charge in [-0.25, -0.2) is 0 Å². The quantitative estimate of drug-likeness (QED) is 0.139. The summed E-state index contributed by atoms with van der Waals surface area (Å²) < 4.78 is 29.5. The molecule has 0 saturated heterocycles. The number of ether oxygens (including phenoxy) is 4. The Kier molecular flexibility index (Phi) is 11.9. The van der Waals surface area contributed by atoms with E-state index in [0.717, 1.165) is 158 Å². The Morgan fingerprint density at radius 3 is 0.913 bits per heavy atom. The molecular weight excluding hydrogens is 1260 g/mol. The van der Waals surface area contributed by atoms with Crippen molar-refractivity contribution in [3.05, 3.63) is 334 Å². The lowest BCUT2D eigenvalue weighted by molar-refractivity contribution is 0.464. The molecule has 0 atom stereocenters. The van der Waals surface area contributed by atoms with E-state index in [9.17, 15) is 0 Å². The van der Waals surface area contributed by atoms with Crippen molar-refractivity contribution in [3.8, 4) is 46.0 Å². The first-order chi connectivity index (χ1) is 51.1. The number of hydrogen-bond donors (Lipinski definition) is 0. The van der Waals surface area contributed by atoms with E-state index < -0.39 is 0 Å². The molecule has 0 N–H and O–H groups in total. The number of rotatable bonds is 8. The van der Waals surface area contributed by atoms with Crippen LogP contribution in [0.3, 0.4) is 0 Å². The van der Waals surface area contributed by atoms with Crippen molar-refractivity contribution >= 4 is 178 Å². The molecule has 9 nitrogen and oxygen atoms in total. The van der Waals surface area contributed by atoms with E-state index in [0.29, 0.717) is 0 Å². The van der Waals surface area contributed by atoms with Gasteiger partial charge in [0.1, 0.15) is 46.0 Å². The van der Waals surface area contributed by atoms with Gasteiger partial charge < -0.3 is 43.4 Å². The monoisotopic (exact) mass is 1310 g/mol. The predicted octanol–water partition coefficient (Wildman–Crippen LogP) is 14.8. The van der Waals surface area contributed by atoms with Gasteiger partial charge in [0, 0.05) is 121 Å². The average Bonchev–Trinajstić information content (AvgIpc) is 0.665. The third kappa shape index (κ3) is 8.12. The van der Waals surface area contributed by atoms with Crippen molar-refractivity contribution in [2.45, 2.75) is 0 Å². The lowest BCUT2D eigenvalue weighted by Gasteiger charge is -2.51. The molecule has 0 fully saturated rings. The Bertz CT molecular complexity index is 6020. The van der Waals surface area contributed by atoms with E-state index in [4.69, 9.17) is 18.9 Å². The van der Waals surface area contributed by atoms with Crippen LogP contribution in [0.25, 0.3) is 0 Å². The molecule has 13 heteroatoms. The average molecular weight is 1310 g/mol. The summed E-state index contributed by atoms with van der Waals surface area (Å²) in [4.78, 5) is 12.3. The van der Waals surface area contributed by atoms with Crippen LogP contribution in [0.5, 0.6) is 46.0 Å². The number of fused-ring (bicyclic) bond motifs is 18. The van der Waals surface area contributed by atoms with Crippen LogP contribution >= 0.6 is 0 Å². The molecule has 0 spiro atoms. The summed E-state index contributed by atoms with van der Waals surface area (Å²) >= 11 is 0. The summed E-state index contributed by atoms with van der Waals surface area (Å²) in [5.41, 5.74) is 29.7. The van der Waals surface area contributed by atoms with E-state index in [1.54, 1.807) is 0 Å². The number of anilines is 15. The zero-order chi connectivity index (χ0) is 67.1. The lowest BCUT2D eigenvalue weighted by Crippen LogP contribution is -2.69. The van der Waals surface area contributed by atoms with Gasteiger partial charge in [0.2, 0.25) is 0 Å². The normalized spacial score (nSPS) is 13.8. The first-order valence-corrected chi connectivity index (χ1v) is 35.4. The van der Waals surface area contributed by atoms with E-state index in [-0.39, 0.29) is 26.9 Å². The molecule has 8 heterocycles. The molecule has 15 aromatic carbocycles. The van der Waals surface area contributed by atoms with E-state index in [2.05, 4.69) is 358 Å². The molecule has 0 saturated carbocycles. The number of nitrogens with zero attached hydrogens (tertiary/aromatic N) is 5. The second-order valence-corrected chi connectivity index (χ2v) is 27.7. The van der Waals surface area contributed by atoms with Gasteiger partial charge in [-0.2, -0.15) is 0 Å². The molecule has 15 aromatic rings. The Morgan fingerprint density at radius 2 is 0.505 bits per heavy atom. The van der Waals surface area contributed by atoms with Gasteiger partial charge in [-0.05, 0) is 158 Å². The van der Waals surface area contributed by atoms with Gasteiger partial charge in [-0.15, -0.1) is 0 Å². The maximum Gasteiger partial charge on any atom is 0.260 e. The highest BCUT2D eigenvalue weighted by Crippen LogP contribution is 2.53. The van der Waals surface area contributed by atoms with Crippen molar-refractivity contribution in [2.24, 2.45) is 0 Å². The minimum atomic E-state index is -0.232. The molecule has 0 bridgehead atoms. The molecular formula is C90H55B4N5O4.